The summed E-state index contributed by atoms with van der Waals surface area (Å²) in [7, 11) is 1.26. The number of hydrogen-bond acceptors (Lipinski definition) is 19. The van der Waals surface area contributed by atoms with Gasteiger partial charge in [0.2, 0.25) is 0 Å². The molecule has 488 valence electrons. The van der Waals surface area contributed by atoms with Gasteiger partial charge in [0.15, 0.2) is 22.6 Å². The van der Waals surface area contributed by atoms with Gasteiger partial charge in [0, 0.05) is 92.3 Å². The van der Waals surface area contributed by atoms with Crippen molar-refractivity contribution in [1.29, 1.82) is 0 Å². The van der Waals surface area contributed by atoms with E-state index in [4.69, 9.17) is 67.1 Å². The third-order valence-corrected chi connectivity index (χ3v) is 16.3. The van der Waals surface area contributed by atoms with E-state index in [2.05, 4.69) is 127 Å². The first-order valence-electron chi connectivity index (χ1n) is 26.3. The first-order chi connectivity index (χ1) is 45.5. The van der Waals surface area contributed by atoms with Crippen molar-refractivity contribution >= 4 is 202 Å². The van der Waals surface area contributed by atoms with Crippen LogP contribution in [0.15, 0.2) is 169 Å². The summed E-state index contributed by atoms with van der Waals surface area (Å²) in [6.07, 6.45) is 18.9. The molecule has 9 heterocycles. The first kappa shape index (κ1) is 70.2. The van der Waals surface area contributed by atoms with Crippen LogP contribution in [0, 0.1) is 23.3 Å². The molecule has 0 aliphatic rings. The number of fused-ring (bicyclic) bond motifs is 4. The maximum Gasteiger partial charge on any atom is 0.341 e. The number of benzene rings is 4. The zero-order valence-corrected chi connectivity index (χ0v) is 57.0. The lowest BCUT2D eigenvalue weighted by Gasteiger charge is -2.15. The normalized spacial score (nSPS) is 10.7. The zero-order chi connectivity index (χ0) is 68.5. The van der Waals surface area contributed by atoms with Gasteiger partial charge in [-0.25, -0.2) is 52.9 Å². The van der Waals surface area contributed by atoms with Crippen molar-refractivity contribution in [2.45, 2.75) is 0 Å². The van der Waals surface area contributed by atoms with Gasteiger partial charge in [-0.2, -0.15) is 0 Å². The summed E-state index contributed by atoms with van der Waals surface area (Å²) in [6, 6.07) is 17.9. The molecule has 0 bridgehead atoms. The summed E-state index contributed by atoms with van der Waals surface area (Å²) in [5.41, 5.74) is 11.6. The molecule has 0 spiro atoms. The average molecular weight is 1640 g/mol. The number of carboxylic acids is 1. The molecule has 0 saturated carbocycles. The molecule has 0 atom stereocenters. The lowest BCUT2D eigenvalue weighted by atomic mass is 10.2. The Morgan fingerprint density at radius 3 is 1.18 bits per heavy atom. The molecular formula is C58H41Br4Cl4F4N19O6. The molecule has 25 nitrogen and oxygen atoms in total. The van der Waals surface area contributed by atoms with Crippen LogP contribution in [0.5, 0.6) is 0 Å². The molecule has 0 aliphatic carbocycles. The van der Waals surface area contributed by atoms with Gasteiger partial charge in [-0.3, -0.25) is 21.9 Å². The highest BCUT2D eigenvalue weighted by Gasteiger charge is 2.25. The Bertz CT molecular complexity index is 4910. The number of esters is 1. The van der Waals surface area contributed by atoms with Crippen LogP contribution in [0.3, 0.4) is 0 Å². The fraction of sp³-hybridized carbons (Fsp3) is 0.0172. The number of anilines is 9. The quantitative estimate of drug-likeness (QED) is 0.0179. The summed E-state index contributed by atoms with van der Waals surface area (Å²) < 4.78 is 75.1. The van der Waals surface area contributed by atoms with Crippen LogP contribution in [0.25, 0.3) is 34.0 Å². The molecule has 1 amide bonds. The number of carbonyl (C=O) groups excluding carboxylic acids is 2. The monoisotopic (exact) mass is 1630 g/mol. The van der Waals surface area contributed by atoms with Crippen molar-refractivity contribution in [3.05, 3.63) is 225 Å². The number of rotatable bonds is 12. The van der Waals surface area contributed by atoms with E-state index in [-0.39, 0.29) is 88.5 Å². The van der Waals surface area contributed by atoms with Crippen LogP contribution in [-0.2, 0) is 4.74 Å². The Morgan fingerprint density at radius 2 is 0.842 bits per heavy atom. The summed E-state index contributed by atoms with van der Waals surface area (Å²) in [5.74, 6) is 9.03. The largest absolute Gasteiger partial charge is 0.478 e. The lowest BCUT2D eigenvalue weighted by molar-refractivity contribution is 0.0600. The number of aromatic carboxylic acids is 1. The van der Waals surface area contributed by atoms with E-state index in [1.54, 1.807) is 86.9 Å². The molecule has 13 rings (SSSR count). The van der Waals surface area contributed by atoms with Crippen molar-refractivity contribution in [2.24, 2.45) is 17.5 Å². The number of methoxy groups -OCH3 is 1. The number of pyridine rings is 4. The Balaban J connectivity index is 0.000000148. The predicted molar refractivity (Wildman–Crippen MR) is 366 cm³/mol. The van der Waals surface area contributed by atoms with Gasteiger partial charge in [-0.1, -0.05) is 115 Å². The molecular weight excluding hydrogens is 1600 g/mol. The third kappa shape index (κ3) is 15.8. The molecule has 0 saturated heterocycles. The molecule has 0 radical (unpaired) electrons. The highest BCUT2D eigenvalue weighted by atomic mass is 79.9. The highest BCUT2D eigenvalue weighted by Crippen LogP contribution is 2.41. The third-order valence-electron chi connectivity index (χ3n) is 12.9. The number of aromatic nitrogens is 10. The number of carboxylic acid groups (broad SMARTS) is 1. The van der Waals surface area contributed by atoms with E-state index in [1.807, 2.05) is 5.43 Å². The van der Waals surface area contributed by atoms with Crippen LogP contribution < -0.4 is 50.0 Å². The Kier molecular flexibility index (Phi) is 22.9. The van der Waals surface area contributed by atoms with Crippen molar-refractivity contribution in [1.82, 2.24) is 53.2 Å². The Labute approximate surface area is 585 Å². The number of nitrogens with zero attached hydrogens (tertiary/aromatic N) is 10. The molecule has 0 fully saturated rings. The summed E-state index contributed by atoms with van der Waals surface area (Å²) in [6.45, 7) is 0. The molecule has 0 unspecified atom stereocenters. The van der Waals surface area contributed by atoms with Gasteiger partial charge in [-0.15, -0.1) is 5.10 Å². The minimum absolute atomic E-state index is 0.0854. The second kappa shape index (κ2) is 31.0. The number of nitrogens with two attached hydrogens (primary N) is 4. The molecule has 14 N–H and O–H groups in total. The van der Waals surface area contributed by atoms with Gasteiger partial charge >= 0.3 is 18.0 Å². The van der Waals surface area contributed by atoms with Crippen molar-refractivity contribution in [2.75, 3.05) is 34.1 Å². The minimum atomic E-state index is -1.18. The van der Waals surface area contributed by atoms with Gasteiger partial charge in [0.25, 0.3) is 11.8 Å². The summed E-state index contributed by atoms with van der Waals surface area (Å²) in [5, 5.41) is 29.0. The number of imidazole rings is 4. The van der Waals surface area contributed by atoms with Crippen LogP contribution in [0.1, 0.15) is 31.1 Å². The predicted octanol–water partition coefficient (Wildman–Crippen LogP) is 15.1. The number of hydrazine groups is 2. The molecule has 95 heavy (non-hydrogen) atoms. The van der Waals surface area contributed by atoms with E-state index in [0.29, 0.717) is 51.7 Å². The van der Waals surface area contributed by atoms with E-state index in [1.165, 1.54) is 85.0 Å². The fourth-order valence-corrected chi connectivity index (χ4v) is 11.2. The Hall–Kier alpha value is -9.13. The number of carbonyl (C=O) groups is 3. The zero-order valence-electron chi connectivity index (χ0n) is 47.7. The molecule has 0 aliphatic heterocycles. The maximum atomic E-state index is 14.2. The number of halogens is 12. The average Bonchev–Trinajstić information content (AvgIpc) is 1.79. The number of ether oxygens (including phenoxy) is 1. The second-order valence-electron chi connectivity index (χ2n) is 18.8. The van der Waals surface area contributed by atoms with Gasteiger partial charge in [0.1, 0.15) is 54.5 Å². The molecule has 37 heteroatoms. The highest BCUT2D eigenvalue weighted by molar-refractivity contribution is 9.11. The number of nitrogen functional groups attached to an aromatic ring is 2. The molecule has 9 aromatic heterocycles. The Morgan fingerprint density at radius 1 is 0.516 bits per heavy atom. The maximum absolute atomic E-state index is 14.2. The van der Waals surface area contributed by atoms with Gasteiger partial charge in [-0.05, 0) is 72.8 Å². The fourth-order valence-electron chi connectivity index (χ4n) is 8.66. The first-order valence-corrected chi connectivity index (χ1v) is 30.9. The van der Waals surface area contributed by atoms with Gasteiger partial charge < -0.3 is 58.9 Å². The smallest absolute Gasteiger partial charge is 0.341 e. The van der Waals surface area contributed by atoms with Crippen LogP contribution in [0.2, 0.25) is 20.1 Å². The van der Waals surface area contributed by atoms with Crippen molar-refractivity contribution < 1.29 is 46.2 Å². The van der Waals surface area contributed by atoms with E-state index in [9.17, 15) is 37.1 Å². The minimum Gasteiger partial charge on any atom is -0.478 e. The van der Waals surface area contributed by atoms with Crippen LogP contribution >= 0.6 is 110 Å². The number of nitrogens with one attached hydrogen (secondary N) is 5. The van der Waals surface area contributed by atoms with Crippen molar-refractivity contribution in [3.63, 3.8) is 0 Å². The lowest BCUT2D eigenvalue weighted by Crippen LogP contribution is -2.31. The van der Waals surface area contributed by atoms with Gasteiger partial charge in [0.05, 0.1) is 63.7 Å². The second-order valence-corrected chi connectivity index (χ2v) is 23.9. The topological polar surface area (TPSA) is 353 Å². The SMILES string of the molecule is COC(=O)c1cn2ccnc2c(Cl)c1Nc1ccc(Br)cc1F.NN.NNC(=O)c1cn2ccnc2c(Cl)c1Nc1ccc(Br)cc1F.Nc1nnc(-c2cn3ccnc3c(Cl)c2Nc2ccc(Br)cc2F)o1.O=C(O)c1cn2ccnc2c(Cl)c1Nc1ccc(Br)cc1F. The van der Waals surface area contributed by atoms with Crippen LogP contribution in [-0.4, -0.2) is 77.8 Å². The summed E-state index contributed by atoms with van der Waals surface area (Å²) >= 11 is 38.1. The summed E-state index contributed by atoms with van der Waals surface area (Å²) in [4.78, 5) is 52.0. The van der Waals surface area contributed by atoms with E-state index < -0.39 is 41.1 Å². The molecule has 4 aromatic carbocycles. The number of hydrogen-bond donors (Lipinski definition) is 10. The van der Waals surface area contributed by atoms with Crippen LogP contribution in [0.4, 0.5) is 69.1 Å². The van der Waals surface area contributed by atoms with E-state index in [0.717, 1.165) is 0 Å². The van der Waals surface area contributed by atoms with Crippen molar-refractivity contribution in [3.8, 4) is 11.5 Å². The van der Waals surface area contributed by atoms with E-state index >= 15 is 0 Å². The standard InChI is InChI=1S/C15H9BrClFN6O.C15H10BrClFN3O2.C14H10BrClFN5O.C14H8BrClFN3O2.H4N2/c16-7-1-2-10(9(18)5-7)21-12-8(14-22-23-15(19)25-14)6-24-4-3-20-13(24)11(12)17;1-23-15(22)9-7-21-5-4-19-14(21)12(17)13(9)20-11-3-2-8(16)6-10(11)18;15-7-1-2-10(9(17)5-7)20-12-8(14(23)21-18)6-22-4-3-19-13(22)11(12)16;15-7-1-2-10(9(17)5-7)19-12-8(14(21)22)6-20-4-3-18-13(20)11(12)16;1-2/h1-6,21H,(H2,19,23);2-7,20H,1H3;1-6,20H,18H2,(H,21,23);1-6,19H,(H,21,22);1-2H2. The number of amides is 1. The molecule has 13 aromatic rings.